The highest BCUT2D eigenvalue weighted by molar-refractivity contribution is 5.91. The minimum Gasteiger partial charge on any atom is -0.493 e. The van der Waals surface area contributed by atoms with Crippen LogP contribution in [-0.4, -0.2) is 19.1 Å². The van der Waals surface area contributed by atoms with Crippen LogP contribution in [0, 0.1) is 0 Å². The minimum absolute atomic E-state index is 0.0276. The maximum Gasteiger partial charge on any atom is 0.243 e. The highest BCUT2D eigenvalue weighted by Crippen LogP contribution is 2.26. The third-order valence-corrected chi connectivity index (χ3v) is 2.97. The lowest BCUT2D eigenvalue weighted by atomic mass is 10.1. The lowest BCUT2D eigenvalue weighted by Crippen LogP contribution is -2.21. The van der Waals surface area contributed by atoms with Gasteiger partial charge >= 0.3 is 0 Å². The van der Waals surface area contributed by atoms with Gasteiger partial charge < -0.3 is 10.1 Å². The smallest absolute Gasteiger partial charge is 0.243 e. The molecule has 0 unspecified atom stereocenters. The van der Waals surface area contributed by atoms with Crippen molar-refractivity contribution < 1.29 is 9.53 Å². The van der Waals surface area contributed by atoms with E-state index in [9.17, 15) is 4.79 Å². The summed E-state index contributed by atoms with van der Waals surface area (Å²) in [6.07, 6.45) is 6.51. The Bertz CT molecular complexity index is 452. The number of hydrogen-bond donors (Lipinski definition) is 1. The average molecular weight is 245 g/mol. The highest BCUT2D eigenvalue weighted by atomic mass is 16.5. The minimum atomic E-state index is -0.0276. The summed E-state index contributed by atoms with van der Waals surface area (Å²) < 4.78 is 5.44. The van der Waals surface area contributed by atoms with Gasteiger partial charge in [-0.2, -0.15) is 0 Å². The van der Waals surface area contributed by atoms with Gasteiger partial charge in [0.05, 0.1) is 6.61 Å². The van der Waals surface area contributed by atoms with Crippen LogP contribution in [-0.2, 0) is 11.2 Å². The van der Waals surface area contributed by atoms with Crippen LogP contribution < -0.4 is 10.1 Å². The molecule has 0 aromatic heterocycles. The van der Waals surface area contributed by atoms with Crippen molar-refractivity contribution in [2.45, 2.75) is 26.2 Å². The lowest BCUT2D eigenvalue weighted by molar-refractivity contribution is -0.116. The predicted molar refractivity (Wildman–Crippen MR) is 72.6 cm³/mol. The van der Waals surface area contributed by atoms with Crippen LogP contribution >= 0.6 is 0 Å². The van der Waals surface area contributed by atoms with E-state index in [0.29, 0.717) is 0 Å². The molecule has 96 valence electrons. The summed E-state index contributed by atoms with van der Waals surface area (Å²) >= 11 is 0. The molecule has 18 heavy (non-hydrogen) atoms. The van der Waals surface area contributed by atoms with Crippen molar-refractivity contribution in [3.05, 3.63) is 35.4 Å². The van der Waals surface area contributed by atoms with E-state index < -0.39 is 0 Å². The van der Waals surface area contributed by atoms with Gasteiger partial charge in [0.25, 0.3) is 0 Å². The molecule has 3 heteroatoms. The van der Waals surface area contributed by atoms with Crippen molar-refractivity contribution in [1.29, 1.82) is 0 Å². The molecular formula is C15H19NO2. The van der Waals surface area contributed by atoms with Gasteiger partial charge in [-0.15, -0.1) is 0 Å². The summed E-state index contributed by atoms with van der Waals surface area (Å²) in [5, 5.41) is 2.86. The maximum atomic E-state index is 11.5. The molecule has 0 aliphatic carbocycles. The van der Waals surface area contributed by atoms with Crippen LogP contribution in [0.4, 0.5) is 0 Å². The summed E-state index contributed by atoms with van der Waals surface area (Å²) in [5.74, 6) is 0.944. The van der Waals surface area contributed by atoms with E-state index in [4.69, 9.17) is 4.74 Å². The summed E-state index contributed by atoms with van der Waals surface area (Å²) in [7, 11) is 0. The monoisotopic (exact) mass is 245 g/mol. The molecule has 2 rings (SSSR count). The SMILES string of the molecule is CCCCNC(=O)/C=C\c1ccc2c(c1)CCO2. The molecule has 1 aromatic carbocycles. The van der Waals surface area contributed by atoms with E-state index in [-0.39, 0.29) is 5.91 Å². The van der Waals surface area contributed by atoms with Crippen LogP contribution in [0.3, 0.4) is 0 Å². The van der Waals surface area contributed by atoms with Crippen LogP contribution in [0.1, 0.15) is 30.9 Å². The predicted octanol–water partition coefficient (Wildman–Crippen LogP) is 2.55. The zero-order valence-corrected chi connectivity index (χ0v) is 10.7. The Hall–Kier alpha value is -1.77. The Morgan fingerprint density at radius 1 is 1.50 bits per heavy atom. The molecule has 0 radical (unpaired) electrons. The molecule has 1 aromatic rings. The Labute approximate surface area is 108 Å². The van der Waals surface area contributed by atoms with Gasteiger partial charge in [-0.1, -0.05) is 19.4 Å². The number of fused-ring (bicyclic) bond motifs is 1. The number of amides is 1. The van der Waals surface area contributed by atoms with Crippen LogP contribution in [0.2, 0.25) is 0 Å². The van der Waals surface area contributed by atoms with Crippen molar-refractivity contribution in [3.63, 3.8) is 0 Å². The van der Waals surface area contributed by atoms with E-state index in [0.717, 1.165) is 43.7 Å². The molecule has 0 fully saturated rings. The quantitative estimate of drug-likeness (QED) is 0.639. The second-order valence-corrected chi connectivity index (χ2v) is 4.44. The molecule has 0 atom stereocenters. The van der Waals surface area contributed by atoms with Gasteiger partial charge in [-0.05, 0) is 35.8 Å². The largest absolute Gasteiger partial charge is 0.493 e. The lowest BCUT2D eigenvalue weighted by Gasteiger charge is -2.01. The fourth-order valence-corrected chi connectivity index (χ4v) is 1.93. The van der Waals surface area contributed by atoms with E-state index in [1.807, 2.05) is 18.2 Å². The van der Waals surface area contributed by atoms with Crippen molar-refractivity contribution >= 4 is 12.0 Å². The summed E-state index contributed by atoms with van der Waals surface area (Å²) in [6.45, 7) is 3.62. The fraction of sp³-hybridized carbons (Fsp3) is 0.400. The molecule has 0 saturated carbocycles. The first kappa shape index (κ1) is 12.7. The molecule has 1 N–H and O–H groups in total. The third kappa shape index (κ3) is 3.36. The number of nitrogens with one attached hydrogen (secondary N) is 1. The van der Waals surface area contributed by atoms with E-state index >= 15 is 0 Å². The van der Waals surface area contributed by atoms with Gasteiger partial charge in [0, 0.05) is 19.0 Å². The van der Waals surface area contributed by atoms with Crippen molar-refractivity contribution in [2.75, 3.05) is 13.2 Å². The van der Waals surface area contributed by atoms with Gasteiger partial charge in [0.1, 0.15) is 5.75 Å². The van der Waals surface area contributed by atoms with E-state index in [2.05, 4.69) is 18.3 Å². The number of carbonyl (C=O) groups is 1. The second kappa shape index (κ2) is 6.24. The number of rotatable bonds is 5. The first-order chi connectivity index (χ1) is 8.79. The molecule has 1 heterocycles. The van der Waals surface area contributed by atoms with Crippen LogP contribution in [0.25, 0.3) is 6.08 Å². The number of carbonyl (C=O) groups excluding carboxylic acids is 1. The number of ether oxygens (including phenoxy) is 1. The molecule has 1 aliphatic heterocycles. The fourth-order valence-electron chi connectivity index (χ4n) is 1.93. The Balaban J connectivity index is 1.90. The molecule has 1 amide bonds. The first-order valence-electron chi connectivity index (χ1n) is 6.51. The standard InChI is InChI=1S/C15H19NO2/c1-2-3-9-16-15(17)7-5-12-4-6-14-13(11-12)8-10-18-14/h4-7,11H,2-3,8-10H2,1H3,(H,16,17)/b7-5-. The average Bonchev–Trinajstić information content (AvgIpc) is 2.84. The van der Waals surface area contributed by atoms with Crippen LogP contribution in [0.5, 0.6) is 5.75 Å². The van der Waals surface area contributed by atoms with Crippen molar-refractivity contribution in [1.82, 2.24) is 5.32 Å². The first-order valence-corrected chi connectivity index (χ1v) is 6.51. The molecular weight excluding hydrogens is 226 g/mol. The normalized spacial score (nSPS) is 13.4. The van der Waals surface area contributed by atoms with Crippen LogP contribution in [0.15, 0.2) is 24.3 Å². The number of unbranched alkanes of at least 4 members (excludes halogenated alkanes) is 1. The number of hydrogen-bond acceptors (Lipinski definition) is 2. The van der Waals surface area contributed by atoms with Gasteiger partial charge in [0.15, 0.2) is 0 Å². The number of benzene rings is 1. The molecule has 3 nitrogen and oxygen atoms in total. The Morgan fingerprint density at radius 3 is 3.22 bits per heavy atom. The van der Waals surface area contributed by atoms with E-state index in [1.54, 1.807) is 6.08 Å². The molecule has 1 aliphatic rings. The zero-order valence-electron chi connectivity index (χ0n) is 10.7. The van der Waals surface area contributed by atoms with E-state index in [1.165, 1.54) is 5.56 Å². The van der Waals surface area contributed by atoms with Crippen molar-refractivity contribution in [2.24, 2.45) is 0 Å². The zero-order chi connectivity index (χ0) is 12.8. The highest BCUT2D eigenvalue weighted by Gasteiger charge is 2.10. The Kier molecular flexibility index (Phi) is 4.40. The maximum absolute atomic E-state index is 11.5. The van der Waals surface area contributed by atoms with Crippen molar-refractivity contribution in [3.8, 4) is 5.75 Å². The molecule has 0 saturated heterocycles. The molecule has 0 bridgehead atoms. The topological polar surface area (TPSA) is 38.3 Å². The Morgan fingerprint density at radius 2 is 2.39 bits per heavy atom. The molecule has 0 spiro atoms. The summed E-state index contributed by atoms with van der Waals surface area (Å²) in [4.78, 5) is 11.5. The van der Waals surface area contributed by atoms with Gasteiger partial charge in [0.2, 0.25) is 5.91 Å². The third-order valence-electron chi connectivity index (χ3n) is 2.97. The summed E-state index contributed by atoms with van der Waals surface area (Å²) in [5.41, 5.74) is 2.27. The van der Waals surface area contributed by atoms with Gasteiger partial charge in [-0.25, -0.2) is 0 Å². The summed E-state index contributed by atoms with van der Waals surface area (Å²) in [6, 6.07) is 6.02. The second-order valence-electron chi connectivity index (χ2n) is 4.44. The van der Waals surface area contributed by atoms with Gasteiger partial charge in [-0.3, -0.25) is 4.79 Å².